The van der Waals surface area contributed by atoms with Crippen molar-refractivity contribution in [2.45, 2.75) is 13.8 Å². The molecule has 74 valence electrons. The van der Waals surface area contributed by atoms with Gasteiger partial charge in [-0.1, -0.05) is 17.9 Å². The Balaban J connectivity index is 3.01. The lowest BCUT2D eigenvalue weighted by molar-refractivity contribution is 0.350. The van der Waals surface area contributed by atoms with E-state index in [1.807, 2.05) is 26.0 Å². The lowest BCUT2D eigenvalue weighted by atomic mass is 10.1. The Hall–Kier alpha value is -1.46. The monoisotopic (exact) mass is 189 g/mol. The SMILES string of the molecule is CCNc1cc(C)ccc1C#CCO. The Kier molecular flexibility index (Phi) is 4.03. The zero-order valence-corrected chi connectivity index (χ0v) is 8.59. The fourth-order valence-corrected chi connectivity index (χ4v) is 1.24. The summed E-state index contributed by atoms with van der Waals surface area (Å²) < 4.78 is 0. The smallest absolute Gasteiger partial charge is 0.104 e. The van der Waals surface area contributed by atoms with Gasteiger partial charge in [0, 0.05) is 12.1 Å². The predicted octanol–water partition coefficient (Wildman–Crippen LogP) is 1.77. The van der Waals surface area contributed by atoms with Crippen LogP contribution in [-0.4, -0.2) is 18.3 Å². The maximum atomic E-state index is 8.61. The first-order valence-corrected chi connectivity index (χ1v) is 4.72. The number of hydrogen-bond acceptors (Lipinski definition) is 2. The Bertz CT molecular complexity index is 360. The van der Waals surface area contributed by atoms with E-state index in [9.17, 15) is 0 Å². The van der Waals surface area contributed by atoms with Gasteiger partial charge in [-0.05, 0) is 31.5 Å². The molecule has 0 aliphatic carbocycles. The summed E-state index contributed by atoms with van der Waals surface area (Å²) in [6.45, 7) is 4.87. The topological polar surface area (TPSA) is 32.3 Å². The second kappa shape index (κ2) is 5.31. The zero-order chi connectivity index (χ0) is 10.4. The molecule has 0 aliphatic rings. The van der Waals surface area contributed by atoms with Gasteiger partial charge in [-0.25, -0.2) is 0 Å². The third kappa shape index (κ3) is 2.79. The summed E-state index contributed by atoms with van der Waals surface area (Å²) >= 11 is 0. The molecule has 0 atom stereocenters. The van der Waals surface area contributed by atoms with Gasteiger partial charge in [-0.2, -0.15) is 0 Å². The van der Waals surface area contributed by atoms with Crippen LogP contribution in [-0.2, 0) is 0 Å². The molecule has 0 unspecified atom stereocenters. The quantitative estimate of drug-likeness (QED) is 0.695. The average Bonchev–Trinajstić information content (AvgIpc) is 2.17. The van der Waals surface area contributed by atoms with Gasteiger partial charge in [0.25, 0.3) is 0 Å². The van der Waals surface area contributed by atoms with Crippen LogP contribution in [0.25, 0.3) is 0 Å². The van der Waals surface area contributed by atoms with Crippen LogP contribution in [0.3, 0.4) is 0 Å². The molecule has 14 heavy (non-hydrogen) atoms. The summed E-state index contributed by atoms with van der Waals surface area (Å²) in [7, 11) is 0. The van der Waals surface area contributed by atoms with Gasteiger partial charge in [-0.3, -0.25) is 0 Å². The maximum absolute atomic E-state index is 8.61. The fourth-order valence-electron chi connectivity index (χ4n) is 1.24. The van der Waals surface area contributed by atoms with E-state index in [0.29, 0.717) is 0 Å². The van der Waals surface area contributed by atoms with Crippen molar-refractivity contribution in [3.05, 3.63) is 29.3 Å². The van der Waals surface area contributed by atoms with Crippen LogP contribution < -0.4 is 5.32 Å². The van der Waals surface area contributed by atoms with Crippen molar-refractivity contribution in [1.82, 2.24) is 0 Å². The van der Waals surface area contributed by atoms with Crippen LogP contribution in [0.4, 0.5) is 5.69 Å². The van der Waals surface area contributed by atoms with Crippen LogP contribution in [0, 0.1) is 18.8 Å². The summed E-state index contributed by atoms with van der Waals surface area (Å²) in [5.41, 5.74) is 3.18. The van der Waals surface area contributed by atoms with E-state index in [1.54, 1.807) is 0 Å². The normalized spacial score (nSPS) is 9.07. The highest BCUT2D eigenvalue weighted by Gasteiger charge is 1.97. The second-order valence-electron chi connectivity index (χ2n) is 3.04. The van der Waals surface area contributed by atoms with Crippen molar-refractivity contribution in [2.75, 3.05) is 18.5 Å². The van der Waals surface area contributed by atoms with Crippen molar-refractivity contribution in [1.29, 1.82) is 0 Å². The number of aryl methyl sites for hydroxylation is 1. The molecule has 0 heterocycles. The van der Waals surface area contributed by atoms with E-state index in [0.717, 1.165) is 17.8 Å². The number of rotatable bonds is 2. The molecule has 2 N–H and O–H groups in total. The number of benzene rings is 1. The van der Waals surface area contributed by atoms with Gasteiger partial charge in [0.2, 0.25) is 0 Å². The van der Waals surface area contributed by atoms with E-state index in [1.165, 1.54) is 5.56 Å². The van der Waals surface area contributed by atoms with E-state index >= 15 is 0 Å². The Morgan fingerprint density at radius 1 is 1.43 bits per heavy atom. The third-order valence-electron chi connectivity index (χ3n) is 1.84. The minimum absolute atomic E-state index is 0.0978. The van der Waals surface area contributed by atoms with Gasteiger partial charge < -0.3 is 10.4 Å². The molecular formula is C12H15NO. The minimum atomic E-state index is -0.0978. The summed E-state index contributed by atoms with van der Waals surface area (Å²) in [4.78, 5) is 0. The molecule has 0 saturated heterocycles. The van der Waals surface area contributed by atoms with Crippen LogP contribution in [0.1, 0.15) is 18.1 Å². The number of aliphatic hydroxyl groups is 1. The summed E-state index contributed by atoms with van der Waals surface area (Å²) in [5.74, 6) is 5.56. The van der Waals surface area contributed by atoms with E-state index < -0.39 is 0 Å². The Morgan fingerprint density at radius 3 is 2.86 bits per heavy atom. The molecule has 0 amide bonds. The molecule has 0 radical (unpaired) electrons. The molecule has 1 rings (SSSR count). The standard InChI is InChI=1S/C12H15NO/c1-3-13-12-9-10(2)6-7-11(12)5-4-8-14/h6-7,9,13-14H,3,8H2,1-2H3. The number of hydrogen-bond donors (Lipinski definition) is 2. The number of anilines is 1. The van der Waals surface area contributed by atoms with Crippen molar-refractivity contribution in [3.8, 4) is 11.8 Å². The first-order valence-electron chi connectivity index (χ1n) is 4.72. The molecular weight excluding hydrogens is 174 g/mol. The van der Waals surface area contributed by atoms with Crippen molar-refractivity contribution in [3.63, 3.8) is 0 Å². The highest BCUT2D eigenvalue weighted by molar-refractivity contribution is 5.60. The summed E-state index contributed by atoms with van der Waals surface area (Å²) in [5, 5.41) is 11.9. The first-order chi connectivity index (χ1) is 6.77. The van der Waals surface area contributed by atoms with Crippen molar-refractivity contribution in [2.24, 2.45) is 0 Å². The fraction of sp³-hybridized carbons (Fsp3) is 0.333. The Labute approximate surface area is 85.0 Å². The molecule has 0 bridgehead atoms. The Morgan fingerprint density at radius 2 is 2.21 bits per heavy atom. The highest BCUT2D eigenvalue weighted by atomic mass is 16.2. The van der Waals surface area contributed by atoms with E-state index in [4.69, 9.17) is 5.11 Å². The third-order valence-corrected chi connectivity index (χ3v) is 1.84. The second-order valence-corrected chi connectivity index (χ2v) is 3.04. The summed E-state index contributed by atoms with van der Waals surface area (Å²) in [6.07, 6.45) is 0. The molecule has 2 heteroatoms. The molecule has 0 fully saturated rings. The van der Waals surface area contributed by atoms with Gasteiger partial charge in [0.05, 0.1) is 5.69 Å². The van der Waals surface area contributed by atoms with Crippen LogP contribution in [0.15, 0.2) is 18.2 Å². The van der Waals surface area contributed by atoms with Gasteiger partial charge >= 0.3 is 0 Å². The van der Waals surface area contributed by atoms with Gasteiger partial charge in [-0.15, -0.1) is 0 Å². The van der Waals surface area contributed by atoms with Crippen LogP contribution in [0.2, 0.25) is 0 Å². The van der Waals surface area contributed by atoms with Crippen LogP contribution >= 0.6 is 0 Å². The first kappa shape index (κ1) is 10.6. The largest absolute Gasteiger partial charge is 0.384 e. The van der Waals surface area contributed by atoms with Gasteiger partial charge in [0.15, 0.2) is 0 Å². The lowest BCUT2D eigenvalue weighted by Gasteiger charge is -2.06. The molecule has 0 aliphatic heterocycles. The predicted molar refractivity (Wildman–Crippen MR) is 59.3 cm³/mol. The minimum Gasteiger partial charge on any atom is -0.384 e. The molecule has 0 spiro atoms. The van der Waals surface area contributed by atoms with Crippen molar-refractivity contribution < 1.29 is 5.11 Å². The van der Waals surface area contributed by atoms with Gasteiger partial charge in [0.1, 0.15) is 6.61 Å². The molecule has 2 nitrogen and oxygen atoms in total. The van der Waals surface area contributed by atoms with Crippen molar-refractivity contribution >= 4 is 5.69 Å². The number of aliphatic hydroxyl groups excluding tert-OH is 1. The number of nitrogens with one attached hydrogen (secondary N) is 1. The molecule has 0 aromatic heterocycles. The zero-order valence-electron chi connectivity index (χ0n) is 8.59. The average molecular weight is 189 g/mol. The highest BCUT2D eigenvalue weighted by Crippen LogP contribution is 2.16. The molecule has 1 aromatic rings. The maximum Gasteiger partial charge on any atom is 0.104 e. The van der Waals surface area contributed by atoms with E-state index in [-0.39, 0.29) is 6.61 Å². The molecule has 1 aromatic carbocycles. The lowest BCUT2D eigenvalue weighted by Crippen LogP contribution is -1.99. The summed E-state index contributed by atoms with van der Waals surface area (Å²) in [6, 6.07) is 6.04. The van der Waals surface area contributed by atoms with E-state index in [2.05, 4.69) is 23.2 Å². The van der Waals surface area contributed by atoms with Crippen LogP contribution in [0.5, 0.6) is 0 Å². The molecule has 0 saturated carbocycles.